The molecule has 5 heteroatoms. The minimum absolute atomic E-state index is 0.506. The molecule has 2 rings (SSSR count). The Balaban J connectivity index is 2.76. The molecule has 1 aromatic carbocycles. The van der Waals surface area contributed by atoms with Gasteiger partial charge in [0, 0.05) is 9.86 Å². The van der Waals surface area contributed by atoms with Crippen molar-refractivity contribution in [2.24, 2.45) is 0 Å². The molecule has 1 unspecified atom stereocenters. The maximum atomic E-state index is 4.59. The molecule has 0 spiro atoms. The lowest BCUT2D eigenvalue weighted by Gasteiger charge is -2.07. The van der Waals surface area contributed by atoms with Crippen LogP contribution in [0.4, 0.5) is 0 Å². The summed E-state index contributed by atoms with van der Waals surface area (Å²) in [4.78, 5) is 0. The fourth-order valence-corrected chi connectivity index (χ4v) is 3.78. The van der Waals surface area contributed by atoms with Gasteiger partial charge < -0.3 is 0 Å². The highest BCUT2D eigenvalue weighted by Gasteiger charge is 2.13. The van der Waals surface area contributed by atoms with Crippen LogP contribution in [0, 0.1) is 0 Å². The maximum absolute atomic E-state index is 4.59. The molecule has 15 heavy (non-hydrogen) atoms. The van der Waals surface area contributed by atoms with Gasteiger partial charge in [-0.1, -0.05) is 29.8 Å². The Hall–Kier alpha value is 0.330. The van der Waals surface area contributed by atoms with Crippen molar-refractivity contribution < 1.29 is 0 Å². The number of rotatable bonds is 2. The first kappa shape index (κ1) is 11.8. The first-order chi connectivity index (χ1) is 7.13. The number of halogens is 2. The average Bonchev–Trinajstić information content (AvgIpc) is 2.55. The van der Waals surface area contributed by atoms with Crippen LogP contribution < -0.4 is 0 Å². The van der Waals surface area contributed by atoms with Crippen molar-refractivity contribution in [3.8, 4) is 0 Å². The van der Waals surface area contributed by atoms with Gasteiger partial charge in [0.05, 0.1) is 17.6 Å². The van der Waals surface area contributed by atoms with Gasteiger partial charge in [-0.05, 0) is 46.2 Å². The molecule has 0 aliphatic carbocycles. The van der Waals surface area contributed by atoms with Crippen molar-refractivity contribution in [2.45, 2.75) is 19.8 Å². The number of nitrogens with zero attached hydrogens (tertiary/aromatic N) is 2. The largest absolute Gasteiger partial charge is 0.241 e. The molecule has 1 aromatic heterocycles. The van der Waals surface area contributed by atoms with Crippen molar-refractivity contribution in [3.05, 3.63) is 28.4 Å². The highest BCUT2D eigenvalue weighted by Crippen LogP contribution is 2.34. The quantitative estimate of drug-likeness (QED) is 0.530. The number of hydrogen-bond donors (Lipinski definition) is 0. The lowest BCUT2D eigenvalue weighted by molar-refractivity contribution is 0.793. The minimum Gasteiger partial charge on any atom is -0.241 e. The summed E-state index contributed by atoms with van der Waals surface area (Å²) in [5, 5.41) is 5.86. The van der Waals surface area contributed by atoms with E-state index in [-0.39, 0.29) is 0 Å². The Morgan fingerprint density at radius 3 is 2.80 bits per heavy atom. The van der Waals surface area contributed by atoms with Crippen LogP contribution in [0.5, 0.6) is 0 Å². The third kappa shape index (κ3) is 2.22. The lowest BCUT2D eigenvalue weighted by atomic mass is 10.1. The Morgan fingerprint density at radius 2 is 2.20 bits per heavy atom. The van der Waals surface area contributed by atoms with Gasteiger partial charge in [-0.2, -0.15) is 5.10 Å². The molecule has 0 aliphatic rings. The summed E-state index contributed by atoms with van der Waals surface area (Å²) in [7, 11) is 0. The van der Waals surface area contributed by atoms with Gasteiger partial charge >= 0.3 is 0 Å². The third-order valence-electron chi connectivity index (χ3n) is 2.30. The van der Waals surface area contributed by atoms with E-state index in [1.807, 2.05) is 6.07 Å². The van der Waals surface area contributed by atoms with Gasteiger partial charge in [0.2, 0.25) is 0 Å². The number of hydrogen-bond acceptors (Lipinski definition) is 1. The maximum Gasteiger partial charge on any atom is 0.0930 e. The van der Waals surface area contributed by atoms with E-state index in [2.05, 4.69) is 73.5 Å². The van der Waals surface area contributed by atoms with E-state index in [9.17, 15) is 0 Å². The molecule has 0 fully saturated rings. The number of fused-ring (bicyclic) bond motifs is 1. The molecule has 0 saturated heterocycles. The van der Waals surface area contributed by atoms with E-state index in [1.54, 1.807) is 0 Å². The minimum atomic E-state index is 0.506. The van der Waals surface area contributed by atoms with E-state index < -0.39 is 0 Å². The van der Waals surface area contributed by atoms with Crippen LogP contribution in [0.25, 0.3) is 10.9 Å². The Morgan fingerprint density at radius 1 is 1.47 bits per heavy atom. The summed E-state index contributed by atoms with van der Waals surface area (Å²) >= 11 is 5.88. The Kier molecular flexibility index (Phi) is 3.68. The summed E-state index contributed by atoms with van der Waals surface area (Å²) < 4.78 is 3.23. The van der Waals surface area contributed by atoms with E-state index in [4.69, 9.17) is 0 Å². The normalized spacial score (nSPS) is 12.3. The first-order valence-corrected chi connectivity index (χ1v) is 9.53. The Labute approximate surface area is 112 Å². The molecule has 0 radical (unpaired) electrons. The van der Waals surface area contributed by atoms with Gasteiger partial charge in [0.25, 0.3) is 0 Å². The van der Waals surface area contributed by atoms with Crippen LogP contribution in [0.2, 0.25) is 0 Å². The second-order valence-electron chi connectivity index (χ2n) is 3.70. The summed E-state index contributed by atoms with van der Waals surface area (Å²) in [5.41, 5.74) is 2.42. The van der Waals surface area contributed by atoms with Gasteiger partial charge in [-0.15, -0.1) is 0 Å². The van der Waals surface area contributed by atoms with E-state index >= 15 is 0 Å². The van der Waals surface area contributed by atoms with Crippen molar-refractivity contribution in [1.82, 2.24) is 9.55 Å². The first-order valence-electron chi connectivity index (χ1n) is 4.68. The fraction of sp³-hybridized carbons (Fsp3) is 0.300. The van der Waals surface area contributed by atoms with Crippen LogP contribution in [0.3, 0.4) is 0 Å². The second-order valence-corrected chi connectivity index (χ2v) is 6.65. The van der Waals surface area contributed by atoms with Crippen LogP contribution in [-0.4, -0.2) is 9.55 Å². The average molecular weight is 397 g/mol. The summed E-state index contributed by atoms with van der Waals surface area (Å²) in [6.45, 7) is 4.43. The second kappa shape index (κ2) is 4.68. The zero-order valence-corrected chi connectivity index (χ0v) is 13.2. The fourth-order valence-electron chi connectivity index (χ4n) is 1.70. The molecule has 0 bridgehead atoms. The summed E-state index contributed by atoms with van der Waals surface area (Å²) in [5.74, 6) is 0.506. The predicted molar refractivity (Wildman–Crippen MR) is 79.3 cm³/mol. The lowest BCUT2D eigenvalue weighted by Crippen LogP contribution is -1.95. The van der Waals surface area contributed by atoms with Crippen molar-refractivity contribution >= 4 is 55.2 Å². The van der Waals surface area contributed by atoms with Crippen LogP contribution in [0.1, 0.15) is 25.5 Å². The van der Waals surface area contributed by atoms with Gasteiger partial charge in [0.15, 0.2) is 0 Å². The molecule has 1 atom stereocenters. The van der Waals surface area contributed by atoms with Gasteiger partial charge in [-0.3, -0.25) is 0 Å². The molecule has 2 nitrogen and oxygen atoms in total. The molecular formula is C10H11BrIN2P. The SMILES string of the molecule is CC(C)c1c2cc(Br)ccc2nn1PI. The highest BCUT2D eigenvalue weighted by molar-refractivity contribution is 14.2. The van der Waals surface area contributed by atoms with Crippen LogP contribution >= 0.6 is 44.3 Å². The Bertz CT molecular complexity index is 495. The zero-order valence-electron chi connectivity index (χ0n) is 8.46. The highest BCUT2D eigenvalue weighted by atomic mass is 127. The summed E-state index contributed by atoms with van der Waals surface area (Å²) in [6, 6.07) is 6.27. The molecule has 0 N–H and O–H groups in total. The van der Waals surface area contributed by atoms with E-state index in [0.29, 0.717) is 12.3 Å². The van der Waals surface area contributed by atoms with Crippen molar-refractivity contribution in [2.75, 3.05) is 0 Å². The molecule has 2 aromatic rings. The molecule has 80 valence electrons. The third-order valence-corrected chi connectivity index (χ3v) is 4.66. The molecule has 0 aliphatic heterocycles. The van der Waals surface area contributed by atoms with E-state index in [0.717, 1.165) is 9.99 Å². The monoisotopic (exact) mass is 396 g/mol. The van der Waals surface area contributed by atoms with Gasteiger partial charge in [-0.25, -0.2) is 4.45 Å². The topological polar surface area (TPSA) is 17.8 Å². The van der Waals surface area contributed by atoms with E-state index in [1.165, 1.54) is 11.1 Å². The van der Waals surface area contributed by atoms with Gasteiger partial charge in [0.1, 0.15) is 0 Å². The molecule has 1 heterocycles. The molecular weight excluding hydrogens is 386 g/mol. The number of aromatic nitrogens is 2. The van der Waals surface area contributed by atoms with Crippen molar-refractivity contribution in [3.63, 3.8) is 0 Å². The standard InChI is InChI=1S/C10H11BrIN2P/c1-6(2)10-8-5-7(11)3-4-9(8)13-14(10)15-12/h3-6,15H,1-2H3. The van der Waals surface area contributed by atoms with Crippen LogP contribution in [-0.2, 0) is 0 Å². The molecule has 0 amide bonds. The number of benzene rings is 1. The van der Waals surface area contributed by atoms with Crippen LogP contribution in [0.15, 0.2) is 22.7 Å². The predicted octanol–water partition coefficient (Wildman–Crippen LogP) is 4.71. The summed E-state index contributed by atoms with van der Waals surface area (Å²) in [6.07, 6.45) is 0.662. The zero-order chi connectivity index (χ0) is 11.0. The smallest absolute Gasteiger partial charge is 0.0930 e. The molecule has 0 saturated carbocycles. The van der Waals surface area contributed by atoms with Crippen molar-refractivity contribution in [1.29, 1.82) is 0 Å².